The molecule has 0 unspecified atom stereocenters. The van der Waals surface area contributed by atoms with E-state index in [9.17, 15) is 14.0 Å². The lowest BCUT2D eigenvalue weighted by molar-refractivity contribution is -0.131. The van der Waals surface area contributed by atoms with Gasteiger partial charge in [-0.15, -0.1) is 10.2 Å². The predicted octanol–water partition coefficient (Wildman–Crippen LogP) is 2.21. The number of nitrogens with one attached hydrogen (secondary N) is 1. The average Bonchev–Trinajstić information content (AvgIpc) is 3.08. The fourth-order valence-electron chi connectivity index (χ4n) is 2.46. The van der Waals surface area contributed by atoms with E-state index >= 15 is 0 Å². The van der Waals surface area contributed by atoms with Crippen molar-refractivity contribution in [3.63, 3.8) is 0 Å². The Morgan fingerprint density at radius 2 is 1.97 bits per heavy atom. The molecule has 1 aromatic carbocycles. The molecule has 0 saturated carbocycles. The second kappa shape index (κ2) is 9.28. The Balaban J connectivity index is 1.52. The average molecular weight is 414 g/mol. The first-order chi connectivity index (χ1) is 13.9. The van der Waals surface area contributed by atoms with Crippen LogP contribution in [0.2, 0.25) is 0 Å². The van der Waals surface area contributed by atoms with E-state index in [-0.39, 0.29) is 29.9 Å². The molecule has 0 aliphatic heterocycles. The lowest BCUT2D eigenvalue weighted by Gasteiger charge is -2.16. The predicted molar refractivity (Wildman–Crippen MR) is 108 cm³/mol. The van der Waals surface area contributed by atoms with Gasteiger partial charge in [0.25, 0.3) is 0 Å². The SMILES string of the molecule is CN(CC(=O)Nc1ccc(F)cc1)C(=O)CSc1nnc(-c2cccnc2)n1C. The minimum atomic E-state index is -0.386. The molecule has 0 saturated heterocycles. The van der Waals surface area contributed by atoms with Crippen LogP contribution in [0.5, 0.6) is 0 Å². The van der Waals surface area contributed by atoms with Crippen LogP contribution in [0.1, 0.15) is 0 Å². The van der Waals surface area contributed by atoms with Gasteiger partial charge in [0, 0.05) is 37.7 Å². The summed E-state index contributed by atoms with van der Waals surface area (Å²) in [4.78, 5) is 29.8. The molecule has 0 aliphatic carbocycles. The Bertz CT molecular complexity index is 994. The lowest BCUT2D eigenvalue weighted by atomic mass is 10.3. The number of likely N-dealkylation sites (N-methyl/N-ethyl adjacent to an activating group) is 1. The highest BCUT2D eigenvalue weighted by molar-refractivity contribution is 7.99. The van der Waals surface area contributed by atoms with Crippen molar-refractivity contribution < 1.29 is 14.0 Å². The molecule has 0 bridgehead atoms. The van der Waals surface area contributed by atoms with Crippen molar-refractivity contribution in [2.75, 3.05) is 24.7 Å². The summed E-state index contributed by atoms with van der Waals surface area (Å²) in [5.74, 6) is -0.215. The molecule has 0 aliphatic rings. The number of aromatic nitrogens is 4. The van der Waals surface area contributed by atoms with Crippen LogP contribution in [0.4, 0.5) is 10.1 Å². The lowest BCUT2D eigenvalue weighted by Crippen LogP contribution is -2.36. The van der Waals surface area contributed by atoms with Crippen LogP contribution < -0.4 is 5.32 Å². The third-order valence-electron chi connectivity index (χ3n) is 4.01. The monoisotopic (exact) mass is 414 g/mol. The number of rotatable bonds is 7. The van der Waals surface area contributed by atoms with Crippen molar-refractivity contribution in [1.82, 2.24) is 24.6 Å². The first-order valence-electron chi connectivity index (χ1n) is 8.66. The van der Waals surface area contributed by atoms with E-state index in [1.54, 1.807) is 24.0 Å². The Kier molecular flexibility index (Phi) is 6.55. The summed E-state index contributed by atoms with van der Waals surface area (Å²) < 4.78 is 14.7. The summed E-state index contributed by atoms with van der Waals surface area (Å²) >= 11 is 1.24. The van der Waals surface area contributed by atoms with Gasteiger partial charge < -0.3 is 14.8 Å². The van der Waals surface area contributed by atoms with E-state index in [1.165, 1.54) is 40.9 Å². The van der Waals surface area contributed by atoms with Crippen molar-refractivity contribution in [3.05, 3.63) is 54.6 Å². The van der Waals surface area contributed by atoms with E-state index in [0.29, 0.717) is 16.7 Å². The van der Waals surface area contributed by atoms with E-state index in [0.717, 1.165) is 5.56 Å². The topological polar surface area (TPSA) is 93.0 Å². The van der Waals surface area contributed by atoms with E-state index in [1.807, 2.05) is 19.2 Å². The molecule has 2 aromatic heterocycles. The highest BCUT2D eigenvalue weighted by Gasteiger charge is 2.17. The number of halogens is 1. The fourth-order valence-corrected chi connectivity index (χ4v) is 3.31. The van der Waals surface area contributed by atoms with Crippen molar-refractivity contribution in [2.24, 2.45) is 7.05 Å². The number of hydrogen-bond acceptors (Lipinski definition) is 6. The van der Waals surface area contributed by atoms with Crippen LogP contribution in [0.3, 0.4) is 0 Å². The molecule has 10 heteroatoms. The van der Waals surface area contributed by atoms with E-state index < -0.39 is 0 Å². The van der Waals surface area contributed by atoms with Crippen LogP contribution >= 0.6 is 11.8 Å². The summed E-state index contributed by atoms with van der Waals surface area (Å²) in [6, 6.07) is 9.11. The van der Waals surface area contributed by atoms with Crippen LogP contribution in [-0.4, -0.2) is 55.8 Å². The maximum absolute atomic E-state index is 12.9. The normalized spacial score (nSPS) is 10.6. The van der Waals surface area contributed by atoms with E-state index in [2.05, 4.69) is 20.5 Å². The van der Waals surface area contributed by atoms with Gasteiger partial charge in [-0.1, -0.05) is 11.8 Å². The second-order valence-electron chi connectivity index (χ2n) is 6.20. The van der Waals surface area contributed by atoms with Crippen LogP contribution in [0.15, 0.2) is 53.9 Å². The van der Waals surface area contributed by atoms with Gasteiger partial charge in [-0.2, -0.15) is 0 Å². The number of hydrogen-bond donors (Lipinski definition) is 1. The number of nitrogens with zero attached hydrogens (tertiary/aromatic N) is 5. The Morgan fingerprint density at radius 1 is 1.21 bits per heavy atom. The molecule has 0 spiro atoms. The zero-order chi connectivity index (χ0) is 20.8. The summed E-state index contributed by atoms with van der Waals surface area (Å²) in [7, 11) is 3.36. The minimum absolute atomic E-state index is 0.110. The van der Waals surface area contributed by atoms with Crippen molar-refractivity contribution >= 4 is 29.3 Å². The van der Waals surface area contributed by atoms with Gasteiger partial charge in [-0.25, -0.2) is 4.39 Å². The molecule has 0 atom stereocenters. The van der Waals surface area contributed by atoms with Crippen molar-refractivity contribution in [2.45, 2.75) is 5.16 Å². The Morgan fingerprint density at radius 3 is 2.66 bits per heavy atom. The van der Waals surface area contributed by atoms with Gasteiger partial charge in [0.1, 0.15) is 5.82 Å². The first-order valence-corrected chi connectivity index (χ1v) is 9.64. The zero-order valence-corrected chi connectivity index (χ0v) is 16.7. The minimum Gasteiger partial charge on any atom is -0.336 e. The molecule has 3 aromatic rings. The number of pyridine rings is 1. The quantitative estimate of drug-likeness (QED) is 0.596. The molecule has 0 fully saturated rings. The molecular weight excluding hydrogens is 395 g/mol. The van der Waals surface area contributed by atoms with Gasteiger partial charge >= 0.3 is 0 Å². The molecule has 2 heterocycles. The Labute approximate surface area is 171 Å². The third kappa shape index (κ3) is 5.38. The van der Waals surface area contributed by atoms with Crippen molar-refractivity contribution in [1.29, 1.82) is 0 Å². The molecule has 0 radical (unpaired) electrons. The highest BCUT2D eigenvalue weighted by Crippen LogP contribution is 2.22. The number of anilines is 1. The molecular formula is C19H19FN6O2S. The number of carbonyl (C=O) groups is 2. The third-order valence-corrected chi connectivity index (χ3v) is 5.02. The molecule has 8 nitrogen and oxygen atoms in total. The molecule has 150 valence electrons. The number of thioether (sulfide) groups is 1. The van der Waals surface area contributed by atoms with Crippen LogP contribution in [0, 0.1) is 5.82 Å². The summed E-state index contributed by atoms with van der Waals surface area (Å²) in [6.07, 6.45) is 3.37. The smallest absolute Gasteiger partial charge is 0.243 e. The fraction of sp³-hybridized carbons (Fsp3) is 0.211. The maximum atomic E-state index is 12.9. The summed E-state index contributed by atoms with van der Waals surface area (Å²) in [6.45, 7) is -0.115. The zero-order valence-electron chi connectivity index (χ0n) is 15.9. The first kappa shape index (κ1) is 20.5. The second-order valence-corrected chi connectivity index (χ2v) is 7.14. The molecule has 2 amide bonds. The summed E-state index contributed by atoms with van der Waals surface area (Å²) in [5, 5.41) is 11.5. The molecule has 29 heavy (non-hydrogen) atoms. The van der Waals surface area contributed by atoms with Gasteiger partial charge in [-0.05, 0) is 36.4 Å². The van der Waals surface area contributed by atoms with Gasteiger partial charge in [0.2, 0.25) is 11.8 Å². The van der Waals surface area contributed by atoms with Crippen molar-refractivity contribution in [3.8, 4) is 11.4 Å². The standard InChI is InChI=1S/C19H19FN6O2S/c1-25(11-16(27)22-15-7-5-14(20)6-8-15)17(28)12-29-19-24-23-18(26(19)2)13-4-3-9-21-10-13/h3-10H,11-12H2,1-2H3,(H,22,27). The largest absolute Gasteiger partial charge is 0.336 e. The van der Waals surface area contributed by atoms with Gasteiger partial charge in [-0.3, -0.25) is 14.6 Å². The van der Waals surface area contributed by atoms with Gasteiger partial charge in [0.15, 0.2) is 11.0 Å². The number of amides is 2. The Hall–Kier alpha value is -3.27. The maximum Gasteiger partial charge on any atom is 0.243 e. The highest BCUT2D eigenvalue weighted by atomic mass is 32.2. The molecule has 3 rings (SSSR count). The summed E-state index contributed by atoms with van der Waals surface area (Å²) in [5.41, 5.74) is 1.30. The van der Waals surface area contributed by atoms with E-state index in [4.69, 9.17) is 0 Å². The van der Waals surface area contributed by atoms with Gasteiger partial charge in [0.05, 0.1) is 12.3 Å². The van der Waals surface area contributed by atoms with Crippen LogP contribution in [0.25, 0.3) is 11.4 Å². The van der Waals surface area contributed by atoms with Crippen LogP contribution in [-0.2, 0) is 16.6 Å². The number of carbonyl (C=O) groups excluding carboxylic acids is 2. The molecule has 1 N–H and O–H groups in total. The number of benzene rings is 1.